The number of benzene rings is 2. The third-order valence-corrected chi connectivity index (χ3v) is 4.05. The van der Waals surface area contributed by atoms with Crippen LogP contribution in [0.1, 0.15) is 23.5 Å². The molecule has 0 aliphatic carbocycles. The lowest BCUT2D eigenvalue weighted by molar-refractivity contribution is -0.123. The highest BCUT2D eigenvalue weighted by Gasteiger charge is 2.27. The zero-order valence-electron chi connectivity index (χ0n) is 11.5. The Balaban J connectivity index is 1.71. The van der Waals surface area contributed by atoms with Crippen LogP contribution in [0.3, 0.4) is 0 Å². The van der Waals surface area contributed by atoms with Gasteiger partial charge in [0.15, 0.2) is 0 Å². The Kier molecular flexibility index (Phi) is 4.11. The van der Waals surface area contributed by atoms with Crippen molar-refractivity contribution in [2.24, 2.45) is 0 Å². The molecular weight excluding hydrogens is 286 g/mol. The minimum Gasteiger partial charge on any atom is -0.493 e. The summed E-state index contributed by atoms with van der Waals surface area (Å²) in [5.41, 5.74) is 1.88. The van der Waals surface area contributed by atoms with Crippen LogP contribution in [0.5, 0.6) is 5.75 Å². The van der Waals surface area contributed by atoms with E-state index in [-0.39, 0.29) is 11.8 Å². The fourth-order valence-corrected chi connectivity index (χ4v) is 2.76. The first-order valence-electron chi connectivity index (χ1n) is 6.98. The second-order valence-electron chi connectivity index (χ2n) is 5.04. The molecule has 0 saturated carbocycles. The highest BCUT2D eigenvalue weighted by molar-refractivity contribution is 6.31. The maximum atomic E-state index is 12.4. The minimum absolute atomic E-state index is 0.0191. The molecule has 1 atom stereocenters. The smallest absolute Gasteiger partial charge is 0.228 e. The summed E-state index contributed by atoms with van der Waals surface area (Å²) in [6.45, 7) is 1.01. The Morgan fingerprint density at radius 3 is 2.81 bits per heavy atom. The number of carbonyl (C=O) groups excluding carboxylic acids is 1. The van der Waals surface area contributed by atoms with Crippen LogP contribution in [-0.2, 0) is 11.3 Å². The van der Waals surface area contributed by atoms with Gasteiger partial charge in [0, 0.05) is 17.1 Å². The van der Waals surface area contributed by atoms with Gasteiger partial charge in [0.1, 0.15) is 5.75 Å². The molecule has 1 N–H and O–H groups in total. The van der Waals surface area contributed by atoms with Gasteiger partial charge in [-0.1, -0.05) is 48.0 Å². The predicted molar refractivity (Wildman–Crippen MR) is 82.6 cm³/mol. The standard InChI is InChI=1S/C17H16ClNO2/c18-15-7-3-1-5-12(15)11-19-17(20)14-9-10-21-16-8-4-2-6-13(14)16/h1-8,14H,9-11H2,(H,19,20). The molecule has 4 heteroatoms. The van der Waals surface area contributed by atoms with Gasteiger partial charge in [0.05, 0.1) is 12.5 Å². The number of hydrogen-bond donors (Lipinski definition) is 1. The number of amides is 1. The van der Waals surface area contributed by atoms with Crippen LogP contribution in [0.2, 0.25) is 5.02 Å². The maximum Gasteiger partial charge on any atom is 0.228 e. The van der Waals surface area contributed by atoms with E-state index < -0.39 is 0 Å². The number of rotatable bonds is 3. The molecule has 0 spiro atoms. The summed E-state index contributed by atoms with van der Waals surface area (Å²) in [4.78, 5) is 12.4. The van der Waals surface area contributed by atoms with Crippen LogP contribution in [0.4, 0.5) is 0 Å². The first-order chi connectivity index (χ1) is 10.3. The topological polar surface area (TPSA) is 38.3 Å². The fraction of sp³-hybridized carbons (Fsp3) is 0.235. The first kappa shape index (κ1) is 14.0. The van der Waals surface area contributed by atoms with Crippen molar-refractivity contribution < 1.29 is 9.53 Å². The largest absolute Gasteiger partial charge is 0.493 e. The number of ether oxygens (including phenoxy) is 1. The summed E-state index contributed by atoms with van der Waals surface area (Å²) in [7, 11) is 0. The Morgan fingerprint density at radius 1 is 1.19 bits per heavy atom. The summed E-state index contributed by atoms with van der Waals surface area (Å²) in [5, 5.41) is 3.64. The maximum absolute atomic E-state index is 12.4. The molecule has 0 fully saturated rings. The number of halogens is 1. The van der Waals surface area contributed by atoms with Crippen molar-refractivity contribution in [1.82, 2.24) is 5.32 Å². The number of fused-ring (bicyclic) bond motifs is 1. The molecule has 1 unspecified atom stereocenters. The van der Waals surface area contributed by atoms with Gasteiger partial charge in [-0.2, -0.15) is 0 Å². The fourth-order valence-electron chi connectivity index (χ4n) is 2.56. The van der Waals surface area contributed by atoms with Gasteiger partial charge >= 0.3 is 0 Å². The molecule has 1 aliphatic rings. The van der Waals surface area contributed by atoms with Crippen LogP contribution in [-0.4, -0.2) is 12.5 Å². The van der Waals surface area contributed by atoms with E-state index in [1.807, 2.05) is 48.5 Å². The van der Waals surface area contributed by atoms with Crippen molar-refractivity contribution in [1.29, 1.82) is 0 Å². The van der Waals surface area contributed by atoms with Gasteiger partial charge in [0.2, 0.25) is 5.91 Å². The molecule has 0 bridgehead atoms. The van der Waals surface area contributed by atoms with Crippen LogP contribution >= 0.6 is 11.6 Å². The van der Waals surface area contributed by atoms with Crippen LogP contribution in [0.25, 0.3) is 0 Å². The van der Waals surface area contributed by atoms with E-state index in [0.717, 1.165) is 16.9 Å². The Morgan fingerprint density at radius 2 is 1.95 bits per heavy atom. The van der Waals surface area contributed by atoms with Crippen LogP contribution in [0.15, 0.2) is 48.5 Å². The second-order valence-corrected chi connectivity index (χ2v) is 5.44. The molecule has 0 saturated heterocycles. The quantitative estimate of drug-likeness (QED) is 0.942. The molecule has 1 amide bonds. The molecule has 21 heavy (non-hydrogen) atoms. The third-order valence-electron chi connectivity index (χ3n) is 3.69. The van der Waals surface area contributed by atoms with E-state index in [4.69, 9.17) is 16.3 Å². The molecule has 0 radical (unpaired) electrons. The third kappa shape index (κ3) is 3.03. The van der Waals surface area contributed by atoms with Crippen molar-refractivity contribution in [3.63, 3.8) is 0 Å². The van der Waals surface area contributed by atoms with Crippen molar-refractivity contribution in [2.75, 3.05) is 6.61 Å². The van der Waals surface area contributed by atoms with Crippen LogP contribution in [0, 0.1) is 0 Å². The first-order valence-corrected chi connectivity index (χ1v) is 7.36. The van der Waals surface area contributed by atoms with E-state index in [9.17, 15) is 4.79 Å². The van der Waals surface area contributed by atoms with Gasteiger partial charge in [-0.3, -0.25) is 4.79 Å². The average molecular weight is 302 g/mol. The van der Waals surface area contributed by atoms with Crippen LogP contribution < -0.4 is 10.1 Å². The Bertz CT molecular complexity index is 657. The number of nitrogens with one attached hydrogen (secondary N) is 1. The minimum atomic E-state index is -0.155. The van der Waals surface area contributed by atoms with Gasteiger partial charge in [-0.25, -0.2) is 0 Å². The Hall–Kier alpha value is -2.00. The number of para-hydroxylation sites is 1. The molecule has 3 nitrogen and oxygen atoms in total. The molecule has 2 aromatic rings. The number of hydrogen-bond acceptors (Lipinski definition) is 2. The summed E-state index contributed by atoms with van der Waals surface area (Å²) in [5.74, 6) is 0.671. The lowest BCUT2D eigenvalue weighted by Crippen LogP contribution is -2.32. The second kappa shape index (κ2) is 6.19. The summed E-state index contributed by atoms with van der Waals surface area (Å²) >= 11 is 6.10. The number of carbonyl (C=O) groups is 1. The van der Waals surface area contributed by atoms with E-state index in [2.05, 4.69) is 5.32 Å². The molecule has 108 valence electrons. The van der Waals surface area contributed by atoms with Crippen molar-refractivity contribution in [3.05, 3.63) is 64.7 Å². The van der Waals surface area contributed by atoms with Gasteiger partial charge in [0.25, 0.3) is 0 Å². The molecule has 3 rings (SSSR count). The summed E-state index contributed by atoms with van der Waals surface area (Å²) in [6, 6.07) is 15.2. The van der Waals surface area contributed by atoms with E-state index in [1.54, 1.807) is 0 Å². The van der Waals surface area contributed by atoms with Gasteiger partial charge < -0.3 is 10.1 Å². The zero-order chi connectivity index (χ0) is 14.7. The van der Waals surface area contributed by atoms with Gasteiger partial charge in [-0.05, 0) is 24.1 Å². The van der Waals surface area contributed by atoms with E-state index in [0.29, 0.717) is 24.6 Å². The molecule has 1 heterocycles. The molecule has 1 aliphatic heterocycles. The van der Waals surface area contributed by atoms with E-state index >= 15 is 0 Å². The van der Waals surface area contributed by atoms with Crippen molar-refractivity contribution >= 4 is 17.5 Å². The van der Waals surface area contributed by atoms with Crippen molar-refractivity contribution in [2.45, 2.75) is 18.9 Å². The summed E-state index contributed by atoms with van der Waals surface area (Å²) in [6.07, 6.45) is 0.700. The molecule has 0 aromatic heterocycles. The summed E-state index contributed by atoms with van der Waals surface area (Å²) < 4.78 is 5.58. The normalized spacial score (nSPS) is 16.7. The highest BCUT2D eigenvalue weighted by atomic mass is 35.5. The van der Waals surface area contributed by atoms with E-state index in [1.165, 1.54) is 0 Å². The van der Waals surface area contributed by atoms with Crippen molar-refractivity contribution in [3.8, 4) is 5.75 Å². The lowest BCUT2D eigenvalue weighted by atomic mass is 9.92. The molecular formula is C17H16ClNO2. The SMILES string of the molecule is O=C(NCc1ccccc1Cl)C1CCOc2ccccc21. The predicted octanol–water partition coefficient (Wildman–Crippen LogP) is 3.52. The molecule has 2 aromatic carbocycles. The monoisotopic (exact) mass is 301 g/mol. The Labute approximate surface area is 128 Å². The highest BCUT2D eigenvalue weighted by Crippen LogP contribution is 2.33. The van der Waals surface area contributed by atoms with Gasteiger partial charge in [-0.15, -0.1) is 0 Å². The zero-order valence-corrected chi connectivity index (χ0v) is 12.3. The average Bonchev–Trinajstić information content (AvgIpc) is 2.53. The lowest BCUT2D eigenvalue weighted by Gasteiger charge is -2.25.